The van der Waals surface area contributed by atoms with Crippen molar-refractivity contribution >= 4 is 33.2 Å². The molecule has 0 bridgehead atoms. The lowest BCUT2D eigenvalue weighted by Crippen LogP contribution is -2.46. The van der Waals surface area contributed by atoms with E-state index in [1.54, 1.807) is 11.3 Å². The van der Waals surface area contributed by atoms with Crippen LogP contribution in [0.2, 0.25) is 0 Å². The molecule has 2 aliphatic heterocycles. The van der Waals surface area contributed by atoms with Crippen LogP contribution in [-0.2, 0) is 18.3 Å². The molecule has 2 fully saturated rings. The second kappa shape index (κ2) is 10.3. The highest BCUT2D eigenvalue weighted by Gasteiger charge is 2.49. The molecule has 2 aliphatic carbocycles. The van der Waals surface area contributed by atoms with E-state index in [-0.39, 0.29) is 6.04 Å². The molecule has 0 aromatic carbocycles. The predicted molar refractivity (Wildman–Crippen MR) is 169 cm³/mol. The number of nitrogens with one attached hydrogen (secondary N) is 1. The topological polar surface area (TPSA) is 155 Å². The molecule has 0 radical (unpaired) electrons. The third kappa shape index (κ3) is 4.19. The van der Waals surface area contributed by atoms with Gasteiger partial charge in [-0.15, -0.1) is 11.3 Å². The van der Waals surface area contributed by atoms with Gasteiger partial charge in [-0.1, -0.05) is 5.16 Å². The third-order valence-electron chi connectivity index (χ3n) is 10.5. The Hall–Kier alpha value is -3.53. The standard InChI is InChI=1S/C32H39N9O2S/c1-18(22-8-5-13-35-22)41-30-21(16-36-41)29(40-14-6-10-31(2,42)17-40)37-28(38-30)25-19-7-3-11-32(26(19)43-39-25)12-4-9-23-24(32)20(15-33)27(34)44-23/h16,18,22,35,42H,3-14,17,34H2,1-2H3. The molecule has 44 heavy (non-hydrogen) atoms. The van der Waals surface area contributed by atoms with Crippen molar-refractivity contribution in [1.82, 2.24) is 30.2 Å². The molecule has 4 aromatic rings. The van der Waals surface area contributed by atoms with Crippen LogP contribution in [0.4, 0.5) is 10.8 Å². The first-order valence-electron chi connectivity index (χ1n) is 16.1. The second-order valence-electron chi connectivity index (χ2n) is 13.5. The van der Waals surface area contributed by atoms with Gasteiger partial charge in [0, 0.05) is 29.6 Å². The fourth-order valence-corrected chi connectivity index (χ4v) is 9.63. The highest BCUT2D eigenvalue weighted by Crippen LogP contribution is 2.55. The molecule has 2 saturated heterocycles. The van der Waals surface area contributed by atoms with Crippen molar-refractivity contribution in [3.63, 3.8) is 0 Å². The summed E-state index contributed by atoms with van der Waals surface area (Å²) in [6, 6.07) is 2.84. The minimum absolute atomic E-state index is 0.110. The zero-order chi connectivity index (χ0) is 30.2. The van der Waals surface area contributed by atoms with Crippen LogP contribution in [0, 0.1) is 11.3 Å². The number of thiophene rings is 1. The molecule has 0 amide bonds. The molecule has 0 saturated carbocycles. The van der Waals surface area contributed by atoms with Crippen LogP contribution in [0.5, 0.6) is 0 Å². The minimum Gasteiger partial charge on any atom is -0.389 e. The van der Waals surface area contributed by atoms with Gasteiger partial charge < -0.3 is 25.6 Å². The van der Waals surface area contributed by atoms with Crippen LogP contribution in [-0.4, -0.2) is 61.3 Å². The van der Waals surface area contributed by atoms with Gasteiger partial charge in [-0.05, 0) is 90.2 Å². The molecule has 4 aliphatic rings. The number of aryl methyl sites for hydroxylation is 1. The molecule has 6 heterocycles. The van der Waals surface area contributed by atoms with Crippen LogP contribution in [0.3, 0.4) is 0 Å². The Bertz CT molecular complexity index is 1790. The van der Waals surface area contributed by atoms with Crippen molar-refractivity contribution in [3.05, 3.63) is 33.5 Å². The normalized spacial score (nSPS) is 27.4. The first-order chi connectivity index (χ1) is 21.3. The Morgan fingerprint density at radius 2 is 2.05 bits per heavy atom. The first-order valence-corrected chi connectivity index (χ1v) is 16.9. The number of aromatic nitrogens is 5. The summed E-state index contributed by atoms with van der Waals surface area (Å²) in [4.78, 5) is 13.7. The number of aliphatic hydroxyl groups is 1. The molecular weight excluding hydrogens is 574 g/mol. The highest BCUT2D eigenvalue weighted by molar-refractivity contribution is 7.16. The SMILES string of the molecule is CC(C1CCCN1)n1ncc2c(N3CCCC(C)(O)C3)nc(-c3noc4c3CCCC43CCCc4sc(N)c(C#N)c43)nc21. The van der Waals surface area contributed by atoms with Gasteiger partial charge in [-0.3, -0.25) is 0 Å². The average Bonchev–Trinajstić information content (AvgIpc) is 3.81. The number of hydrogen-bond acceptors (Lipinski definition) is 11. The van der Waals surface area contributed by atoms with E-state index < -0.39 is 11.0 Å². The maximum Gasteiger partial charge on any atom is 0.186 e. The van der Waals surface area contributed by atoms with Crippen LogP contribution >= 0.6 is 11.3 Å². The highest BCUT2D eigenvalue weighted by atomic mass is 32.1. The van der Waals surface area contributed by atoms with Crippen molar-refractivity contribution in [1.29, 1.82) is 5.26 Å². The number of nitrogens with two attached hydrogens (primary N) is 1. The van der Waals surface area contributed by atoms with Gasteiger partial charge in [0.1, 0.15) is 16.9 Å². The van der Waals surface area contributed by atoms with Gasteiger partial charge in [0.05, 0.1) is 34.2 Å². The van der Waals surface area contributed by atoms with Crippen LogP contribution < -0.4 is 16.0 Å². The molecule has 11 nitrogen and oxygen atoms in total. The Morgan fingerprint density at radius 1 is 1.20 bits per heavy atom. The predicted octanol–water partition coefficient (Wildman–Crippen LogP) is 4.62. The zero-order valence-electron chi connectivity index (χ0n) is 25.4. The maximum absolute atomic E-state index is 11.0. The Morgan fingerprint density at radius 3 is 2.82 bits per heavy atom. The van der Waals surface area contributed by atoms with E-state index in [0.29, 0.717) is 34.7 Å². The molecule has 4 atom stereocenters. The number of nitriles is 1. The summed E-state index contributed by atoms with van der Waals surface area (Å²) in [6.45, 7) is 6.40. The lowest BCUT2D eigenvalue weighted by molar-refractivity contribution is 0.0448. The monoisotopic (exact) mass is 613 g/mol. The van der Waals surface area contributed by atoms with E-state index in [9.17, 15) is 10.4 Å². The smallest absolute Gasteiger partial charge is 0.186 e. The zero-order valence-corrected chi connectivity index (χ0v) is 26.2. The summed E-state index contributed by atoms with van der Waals surface area (Å²) in [5, 5.41) is 35.8. The molecule has 8 rings (SSSR count). The number of hydrogen-bond donors (Lipinski definition) is 3. The number of nitrogens with zero attached hydrogens (tertiary/aromatic N) is 7. The van der Waals surface area contributed by atoms with Crippen LogP contribution in [0.25, 0.3) is 22.6 Å². The molecule has 4 aromatic heterocycles. The average molecular weight is 614 g/mol. The van der Waals surface area contributed by atoms with Gasteiger partial charge in [-0.25, -0.2) is 14.6 Å². The van der Waals surface area contributed by atoms with Crippen molar-refractivity contribution in [3.8, 4) is 17.6 Å². The summed E-state index contributed by atoms with van der Waals surface area (Å²) in [6.07, 6.45) is 11.3. The Kier molecular flexibility index (Phi) is 6.52. The van der Waals surface area contributed by atoms with Crippen molar-refractivity contribution in [2.75, 3.05) is 30.3 Å². The number of nitrogen functional groups attached to an aromatic ring is 1. The minimum atomic E-state index is -0.800. The number of anilines is 2. The third-order valence-corrected chi connectivity index (χ3v) is 11.6. The molecule has 1 spiro atoms. The second-order valence-corrected chi connectivity index (χ2v) is 14.7. The summed E-state index contributed by atoms with van der Waals surface area (Å²) in [5.74, 6) is 2.15. The summed E-state index contributed by atoms with van der Waals surface area (Å²) < 4.78 is 8.34. The first kappa shape index (κ1) is 28.0. The molecule has 230 valence electrons. The van der Waals surface area contributed by atoms with E-state index in [2.05, 4.69) is 23.2 Å². The Balaban J connectivity index is 1.30. The van der Waals surface area contributed by atoms with Gasteiger partial charge in [0.25, 0.3) is 0 Å². The lowest BCUT2D eigenvalue weighted by atomic mass is 9.63. The van der Waals surface area contributed by atoms with Gasteiger partial charge in [-0.2, -0.15) is 10.4 Å². The number of rotatable bonds is 4. The van der Waals surface area contributed by atoms with Crippen molar-refractivity contribution in [2.45, 2.75) is 101 Å². The number of piperidine rings is 1. The van der Waals surface area contributed by atoms with E-state index in [1.165, 1.54) is 4.88 Å². The maximum atomic E-state index is 11.0. The van der Waals surface area contributed by atoms with Gasteiger partial charge in [0.2, 0.25) is 0 Å². The lowest BCUT2D eigenvalue weighted by Gasteiger charge is -2.39. The molecular formula is C32H39N9O2S. The number of fused-ring (bicyclic) bond motifs is 5. The molecule has 12 heteroatoms. The quantitative estimate of drug-likeness (QED) is 0.297. The van der Waals surface area contributed by atoms with Gasteiger partial charge in [0.15, 0.2) is 22.9 Å². The fraction of sp³-hybridized carbons (Fsp3) is 0.594. The van der Waals surface area contributed by atoms with Crippen LogP contribution in [0.1, 0.15) is 98.6 Å². The van der Waals surface area contributed by atoms with E-state index in [0.717, 1.165) is 111 Å². The Labute approximate surface area is 260 Å². The summed E-state index contributed by atoms with van der Waals surface area (Å²) >= 11 is 1.55. The fourth-order valence-electron chi connectivity index (χ4n) is 8.47. The van der Waals surface area contributed by atoms with Crippen molar-refractivity contribution < 1.29 is 9.63 Å². The summed E-state index contributed by atoms with van der Waals surface area (Å²) in [7, 11) is 0. The largest absolute Gasteiger partial charge is 0.389 e. The van der Waals surface area contributed by atoms with Crippen LogP contribution in [0.15, 0.2) is 10.7 Å². The van der Waals surface area contributed by atoms with E-state index in [1.807, 2.05) is 17.8 Å². The molecule has 4 N–H and O–H groups in total. The van der Waals surface area contributed by atoms with E-state index in [4.69, 9.17) is 30.5 Å². The summed E-state index contributed by atoms with van der Waals surface area (Å²) in [5.41, 5.74) is 9.29. The van der Waals surface area contributed by atoms with E-state index >= 15 is 0 Å². The van der Waals surface area contributed by atoms with Crippen molar-refractivity contribution in [2.24, 2.45) is 0 Å². The van der Waals surface area contributed by atoms with Gasteiger partial charge >= 0.3 is 0 Å². The molecule has 4 unspecified atom stereocenters. The number of β-amino-alcohol motifs (C(OH)–C–C–N with tert-alkyl or cyclic N) is 1.